The smallest absolute Gasteiger partial charge is 0.253 e. The first-order valence-corrected chi connectivity index (χ1v) is 9.54. The molecule has 0 atom stereocenters. The van der Waals surface area contributed by atoms with Crippen molar-refractivity contribution in [3.05, 3.63) is 95.3 Å². The van der Waals surface area contributed by atoms with Crippen LogP contribution in [-0.4, -0.2) is 22.8 Å². The number of aromatic nitrogens is 1. The van der Waals surface area contributed by atoms with Gasteiger partial charge < -0.3 is 4.90 Å². The third kappa shape index (κ3) is 4.73. The van der Waals surface area contributed by atoms with Crippen molar-refractivity contribution in [3.8, 4) is 0 Å². The number of benzene rings is 2. The maximum atomic E-state index is 12.7. The Labute approximate surface area is 159 Å². The van der Waals surface area contributed by atoms with E-state index in [0.717, 1.165) is 10.6 Å². The van der Waals surface area contributed by atoms with Crippen molar-refractivity contribution in [1.29, 1.82) is 0 Å². The molecule has 3 rings (SSSR count). The van der Waals surface area contributed by atoms with E-state index in [-0.39, 0.29) is 5.91 Å². The fourth-order valence-electron chi connectivity index (χ4n) is 2.68. The van der Waals surface area contributed by atoms with Crippen LogP contribution in [0.3, 0.4) is 0 Å². The Morgan fingerprint density at radius 3 is 2.50 bits per heavy atom. The second kappa shape index (κ2) is 8.68. The zero-order chi connectivity index (χ0) is 18.4. The number of rotatable bonds is 6. The van der Waals surface area contributed by atoms with Crippen molar-refractivity contribution in [2.75, 3.05) is 7.05 Å². The number of hydrogen-bond acceptors (Lipinski definition) is 3. The summed E-state index contributed by atoms with van der Waals surface area (Å²) >= 11 is 1.74. The molecule has 1 amide bonds. The van der Waals surface area contributed by atoms with E-state index in [1.165, 1.54) is 16.7 Å². The van der Waals surface area contributed by atoms with Crippen LogP contribution in [0.4, 0.5) is 0 Å². The summed E-state index contributed by atoms with van der Waals surface area (Å²) in [5.74, 6) is 0.908. The van der Waals surface area contributed by atoms with Gasteiger partial charge in [-0.25, -0.2) is 0 Å². The average molecular weight is 362 g/mol. The molecule has 0 saturated heterocycles. The van der Waals surface area contributed by atoms with Gasteiger partial charge in [0.05, 0.1) is 0 Å². The number of pyridine rings is 1. The first-order valence-electron chi connectivity index (χ1n) is 8.55. The van der Waals surface area contributed by atoms with Crippen LogP contribution in [0.15, 0.2) is 78.0 Å². The lowest BCUT2D eigenvalue weighted by atomic mass is 10.1. The highest BCUT2D eigenvalue weighted by atomic mass is 32.2. The largest absolute Gasteiger partial charge is 0.337 e. The average Bonchev–Trinajstić information content (AvgIpc) is 2.69. The zero-order valence-corrected chi connectivity index (χ0v) is 15.9. The number of amides is 1. The van der Waals surface area contributed by atoms with E-state index in [4.69, 9.17) is 0 Å². The first kappa shape index (κ1) is 18.2. The van der Waals surface area contributed by atoms with Crippen LogP contribution in [0.1, 0.15) is 27.0 Å². The van der Waals surface area contributed by atoms with E-state index in [1.807, 2.05) is 55.7 Å². The van der Waals surface area contributed by atoms with Crippen molar-refractivity contribution in [2.45, 2.75) is 24.1 Å². The Kier molecular flexibility index (Phi) is 6.08. The van der Waals surface area contributed by atoms with Crippen LogP contribution >= 0.6 is 11.8 Å². The topological polar surface area (TPSA) is 33.2 Å². The molecule has 3 aromatic rings. The van der Waals surface area contributed by atoms with Crippen molar-refractivity contribution < 1.29 is 4.79 Å². The van der Waals surface area contributed by atoms with Crippen LogP contribution < -0.4 is 0 Å². The molecule has 0 radical (unpaired) electrons. The Balaban J connectivity index is 1.60. The second-order valence-electron chi connectivity index (χ2n) is 6.26. The third-order valence-electron chi connectivity index (χ3n) is 4.25. The summed E-state index contributed by atoms with van der Waals surface area (Å²) in [6.07, 6.45) is 3.66. The Hall–Kier alpha value is -2.59. The maximum absolute atomic E-state index is 12.7. The van der Waals surface area contributed by atoms with Gasteiger partial charge >= 0.3 is 0 Å². The summed E-state index contributed by atoms with van der Waals surface area (Å²) in [7, 11) is 1.85. The molecule has 0 bridgehead atoms. The van der Waals surface area contributed by atoms with E-state index in [9.17, 15) is 4.79 Å². The molecule has 2 aromatic carbocycles. The van der Waals surface area contributed by atoms with Crippen LogP contribution in [-0.2, 0) is 12.3 Å². The van der Waals surface area contributed by atoms with Gasteiger partial charge in [0.1, 0.15) is 0 Å². The number of carbonyl (C=O) groups excluding carboxylic acids is 1. The molecule has 0 spiro atoms. The minimum Gasteiger partial charge on any atom is -0.337 e. The molecule has 0 fully saturated rings. The molecule has 0 aliphatic carbocycles. The predicted molar refractivity (Wildman–Crippen MR) is 107 cm³/mol. The fourth-order valence-corrected chi connectivity index (χ4v) is 3.51. The Morgan fingerprint density at radius 2 is 1.81 bits per heavy atom. The number of carbonyl (C=O) groups is 1. The van der Waals surface area contributed by atoms with Crippen LogP contribution in [0.5, 0.6) is 0 Å². The minimum atomic E-state index is 0.0389. The molecule has 0 aliphatic rings. The summed E-state index contributed by atoms with van der Waals surface area (Å²) in [6.45, 7) is 2.69. The zero-order valence-electron chi connectivity index (χ0n) is 15.1. The number of nitrogens with zero attached hydrogens (tertiary/aromatic N) is 2. The van der Waals surface area contributed by atoms with Gasteiger partial charge in [-0.05, 0) is 53.9 Å². The van der Waals surface area contributed by atoms with Crippen molar-refractivity contribution >= 4 is 17.7 Å². The first-order chi connectivity index (χ1) is 12.6. The lowest BCUT2D eigenvalue weighted by molar-refractivity contribution is 0.0785. The monoisotopic (exact) mass is 362 g/mol. The molecule has 0 saturated carbocycles. The minimum absolute atomic E-state index is 0.0389. The van der Waals surface area contributed by atoms with Crippen molar-refractivity contribution in [1.82, 2.24) is 9.88 Å². The fraction of sp³-hybridized carbons (Fsp3) is 0.182. The summed E-state index contributed by atoms with van der Waals surface area (Å²) in [4.78, 5) is 19.7. The Bertz CT molecular complexity index is 863. The van der Waals surface area contributed by atoms with Crippen LogP contribution in [0, 0.1) is 6.92 Å². The molecule has 1 aromatic heterocycles. The molecule has 0 aliphatic heterocycles. The summed E-state index contributed by atoms with van der Waals surface area (Å²) in [6, 6.07) is 20.0. The highest BCUT2D eigenvalue weighted by molar-refractivity contribution is 7.98. The molecular weight excluding hydrogens is 340 g/mol. The van der Waals surface area contributed by atoms with Crippen LogP contribution in [0.2, 0.25) is 0 Å². The van der Waals surface area contributed by atoms with Crippen LogP contribution in [0.25, 0.3) is 0 Å². The second-order valence-corrected chi connectivity index (χ2v) is 7.31. The van der Waals surface area contributed by atoms with Gasteiger partial charge in [-0.2, -0.15) is 0 Å². The summed E-state index contributed by atoms with van der Waals surface area (Å²) in [5.41, 5.74) is 4.28. The van der Waals surface area contributed by atoms with Crippen molar-refractivity contribution in [3.63, 3.8) is 0 Å². The lowest BCUT2D eigenvalue weighted by Gasteiger charge is -2.18. The summed E-state index contributed by atoms with van der Waals surface area (Å²) < 4.78 is 0. The molecule has 0 unspecified atom stereocenters. The maximum Gasteiger partial charge on any atom is 0.253 e. The normalized spacial score (nSPS) is 10.5. The molecule has 132 valence electrons. The summed E-state index contributed by atoms with van der Waals surface area (Å²) in [5, 5.41) is 0. The van der Waals surface area contributed by atoms with E-state index in [2.05, 4.69) is 30.1 Å². The van der Waals surface area contributed by atoms with Gasteiger partial charge in [-0.15, -0.1) is 11.8 Å². The van der Waals surface area contributed by atoms with Crippen molar-refractivity contribution in [2.24, 2.45) is 0 Å². The Morgan fingerprint density at radius 1 is 1.04 bits per heavy atom. The third-order valence-corrected chi connectivity index (χ3v) is 5.33. The molecule has 0 N–H and O–H groups in total. The SMILES string of the molecule is Cc1ccccc1CN(C)C(=O)c1ccc(SCc2cccnc2)cc1. The highest BCUT2D eigenvalue weighted by Gasteiger charge is 2.13. The predicted octanol–water partition coefficient (Wildman–Crippen LogP) is 4.95. The standard InChI is InChI=1S/C22H22N2OS/c1-17-6-3-4-8-20(17)15-24(2)22(25)19-9-11-21(12-10-19)26-16-18-7-5-13-23-14-18/h3-14H,15-16H2,1-2H3. The molecule has 1 heterocycles. The molecule has 26 heavy (non-hydrogen) atoms. The van der Waals surface area contributed by atoms with E-state index in [1.54, 1.807) is 22.9 Å². The van der Waals surface area contributed by atoms with E-state index >= 15 is 0 Å². The molecule has 3 nitrogen and oxygen atoms in total. The number of aryl methyl sites for hydroxylation is 1. The highest BCUT2D eigenvalue weighted by Crippen LogP contribution is 2.23. The van der Waals surface area contributed by atoms with Gasteiger partial charge in [-0.1, -0.05) is 30.3 Å². The van der Waals surface area contributed by atoms with Gasteiger partial charge in [0, 0.05) is 42.2 Å². The van der Waals surface area contributed by atoms with Gasteiger partial charge in [0.2, 0.25) is 0 Å². The van der Waals surface area contributed by atoms with Gasteiger partial charge in [-0.3, -0.25) is 9.78 Å². The molecule has 4 heteroatoms. The van der Waals surface area contributed by atoms with Gasteiger partial charge in [0.15, 0.2) is 0 Å². The van der Waals surface area contributed by atoms with Gasteiger partial charge in [0.25, 0.3) is 5.91 Å². The number of thioether (sulfide) groups is 1. The van der Waals surface area contributed by atoms with E-state index in [0.29, 0.717) is 12.1 Å². The lowest BCUT2D eigenvalue weighted by Crippen LogP contribution is -2.26. The van der Waals surface area contributed by atoms with E-state index < -0.39 is 0 Å². The number of hydrogen-bond donors (Lipinski definition) is 0. The quantitative estimate of drug-likeness (QED) is 0.582. The molecular formula is C22H22N2OS.